The van der Waals surface area contributed by atoms with Gasteiger partial charge in [0, 0.05) is 19.6 Å². The number of hydrogen-bond donors (Lipinski definition) is 1. The van der Waals surface area contributed by atoms with Crippen molar-refractivity contribution >= 4 is 0 Å². The van der Waals surface area contributed by atoms with Gasteiger partial charge in [-0.25, -0.2) is 0 Å². The highest BCUT2D eigenvalue weighted by atomic mass is 16.5. The molecule has 7 fully saturated rings. The van der Waals surface area contributed by atoms with Gasteiger partial charge < -0.3 is 24.4 Å². The standard InChI is InChI=1S/C14H25NO.C11H21NO.C10H19NO/c1-11(2)12-7-14(8-12)3-5-15(6-4-14)13-9-16-10-13;1-9(2)10-6-11(13-7-10)4-5-12(3)8-11;1-8(2)9-5-10(12-6-9)3-4-11-7-10/h11-13H,3-10H2,1-2H3;9-10H,4-8H2,1-3H3;8-9,11H,3-7H2,1-2H3. The van der Waals surface area contributed by atoms with E-state index in [1.807, 2.05) is 0 Å². The van der Waals surface area contributed by atoms with Gasteiger partial charge in [-0.2, -0.15) is 0 Å². The van der Waals surface area contributed by atoms with Crippen molar-refractivity contribution in [3.05, 3.63) is 0 Å². The van der Waals surface area contributed by atoms with Gasteiger partial charge in [0.25, 0.3) is 0 Å². The van der Waals surface area contributed by atoms with Gasteiger partial charge in [0.05, 0.1) is 43.7 Å². The van der Waals surface area contributed by atoms with Gasteiger partial charge in [0.15, 0.2) is 0 Å². The van der Waals surface area contributed by atoms with E-state index in [0.29, 0.717) is 0 Å². The lowest BCUT2D eigenvalue weighted by Crippen LogP contribution is -2.55. The molecule has 0 bridgehead atoms. The van der Waals surface area contributed by atoms with Gasteiger partial charge in [0.2, 0.25) is 0 Å². The van der Waals surface area contributed by atoms with E-state index in [9.17, 15) is 0 Å². The molecule has 3 spiro atoms. The highest BCUT2D eigenvalue weighted by molar-refractivity contribution is 4.99. The highest BCUT2D eigenvalue weighted by Crippen LogP contribution is 2.55. The van der Waals surface area contributed by atoms with Crippen molar-refractivity contribution in [2.24, 2.45) is 40.9 Å². The van der Waals surface area contributed by atoms with E-state index in [2.05, 4.69) is 63.7 Å². The Labute approximate surface area is 253 Å². The van der Waals surface area contributed by atoms with Crippen molar-refractivity contribution < 1.29 is 14.2 Å². The number of ether oxygens (including phenoxy) is 3. The largest absolute Gasteiger partial charge is 0.378 e. The summed E-state index contributed by atoms with van der Waals surface area (Å²) in [5.41, 5.74) is 1.23. The monoisotopic (exact) mass is 576 g/mol. The maximum Gasteiger partial charge on any atom is 0.0824 e. The average molecular weight is 576 g/mol. The van der Waals surface area contributed by atoms with Crippen LogP contribution >= 0.6 is 0 Å². The Hall–Kier alpha value is -0.240. The Bertz CT molecular complexity index is 807. The molecule has 0 aromatic heterocycles. The van der Waals surface area contributed by atoms with E-state index < -0.39 is 0 Å². The van der Waals surface area contributed by atoms with Gasteiger partial charge in [-0.3, -0.25) is 4.90 Å². The summed E-state index contributed by atoms with van der Waals surface area (Å²) in [6.45, 7) is 25.2. The molecule has 41 heavy (non-hydrogen) atoms. The van der Waals surface area contributed by atoms with Crippen LogP contribution in [-0.4, -0.2) is 99.8 Å². The van der Waals surface area contributed by atoms with Gasteiger partial charge in [0.1, 0.15) is 0 Å². The zero-order chi connectivity index (χ0) is 29.3. The number of likely N-dealkylation sites (tertiary alicyclic amines) is 2. The molecule has 1 N–H and O–H groups in total. The Kier molecular flexibility index (Phi) is 10.5. The molecule has 6 heterocycles. The molecule has 1 aliphatic carbocycles. The first-order chi connectivity index (χ1) is 19.5. The predicted octanol–water partition coefficient (Wildman–Crippen LogP) is 5.70. The van der Waals surface area contributed by atoms with Crippen molar-refractivity contribution in [3.63, 3.8) is 0 Å². The fourth-order valence-corrected chi connectivity index (χ4v) is 8.69. The van der Waals surface area contributed by atoms with Crippen LogP contribution in [0.4, 0.5) is 0 Å². The van der Waals surface area contributed by atoms with E-state index in [-0.39, 0.29) is 11.2 Å². The summed E-state index contributed by atoms with van der Waals surface area (Å²) in [6.07, 6.45) is 11.0. The first-order valence-corrected chi connectivity index (χ1v) is 17.5. The number of piperidine rings is 1. The molecule has 238 valence electrons. The molecular formula is C35H65N3O3. The van der Waals surface area contributed by atoms with Gasteiger partial charge in [-0.05, 0) is 119 Å². The minimum absolute atomic E-state index is 0.231. The third-order valence-corrected chi connectivity index (χ3v) is 12.4. The lowest BCUT2D eigenvalue weighted by atomic mass is 9.55. The second-order valence-electron chi connectivity index (χ2n) is 16.5. The molecule has 6 heteroatoms. The third kappa shape index (κ3) is 7.71. The fourth-order valence-electron chi connectivity index (χ4n) is 8.69. The molecule has 6 aliphatic heterocycles. The summed E-state index contributed by atoms with van der Waals surface area (Å²) < 4.78 is 17.2. The van der Waals surface area contributed by atoms with Crippen LogP contribution in [0.1, 0.15) is 92.9 Å². The first kappa shape index (κ1) is 32.2. The number of hydrogen-bond acceptors (Lipinski definition) is 6. The Morgan fingerprint density at radius 3 is 1.68 bits per heavy atom. The molecule has 0 amide bonds. The Morgan fingerprint density at radius 1 is 0.659 bits per heavy atom. The van der Waals surface area contributed by atoms with Crippen molar-refractivity contribution in [3.8, 4) is 0 Å². The van der Waals surface area contributed by atoms with Crippen LogP contribution in [0.3, 0.4) is 0 Å². The molecule has 1 saturated carbocycles. The van der Waals surface area contributed by atoms with E-state index in [1.165, 1.54) is 71.0 Å². The quantitative estimate of drug-likeness (QED) is 0.464. The third-order valence-electron chi connectivity index (χ3n) is 12.4. The van der Waals surface area contributed by atoms with E-state index in [0.717, 1.165) is 93.0 Å². The van der Waals surface area contributed by atoms with Crippen LogP contribution in [0.15, 0.2) is 0 Å². The van der Waals surface area contributed by atoms with Crippen molar-refractivity contribution in [1.29, 1.82) is 0 Å². The second kappa shape index (κ2) is 13.4. The zero-order valence-corrected chi connectivity index (χ0v) is 27.9. The fraction of sp³-hybridized carbons (Fsp3) is 1.00. The SMILES string of the molecule is CC(C)C1CC2(CCN(C3COC3)CC2)C1.CC(C)C1COC2(CCN(C)C2)C1.CC(C)C1COC2(CCNC2)C1. The van der Waals surface area contributed by atoms with Crippen LogP contribution in [0.2, 0.25) is 0 Å². The van der Waals surface area contributed by atoms with Gasteiger partial charge >= 0.3 is 0 Å². The normalized spacial score (nSPS) is 37.6. The maximum absolute atomic E-state index is 6.00. The maximum atomic E-state index is 6.00. The second-order valence-corrected chi connectivity index (χ2v) is 16.5. The smallest absolute Gasteiger partial charge is 0.0824 e. The van der Waals surface area contributed by atoms with Crippen molar-refractivity contribution in [1.82, 2.24) is 15.1 Å². The minimum Gasteiger partial charge on any atom is -0.378 e. The van der Waals surface area contributed by atoms with Crippen LogP contribution < -0.4 is 5.32 Å². The summed E-state index contributed by atoms with van der Waals surface area (Å²) >= 11 is 0. The van der Waals surface area contributed by atoms with Crippen LogP contribution in [0.25, 0.3) is 0 Å². The molecule has 4 unspecified atom stereocenters. The predicted molar refractivity (Wildman–Crippen MR) is 168 cm³/mol. The number of rotatable bonds is 4. The summed E-state index contributed by atoms with van der Waals surface area (Å²) in [4.78, 5) is 5.06. The molecule has 7 rings (SSSR count). The first-order valence-electron chi connectivity index (χ1n) is 17.5. The Balaban J connectivity index is 0.000000125. The number of nitrogens with zero attached hydrogens (tertiary/aromatic N) is 2. The molecule has 0 aromatic rings. The zero-order valence-electron chi connectivity index (χ0n) is 27.9. The summed E-state index contributed by atoms with van der Waals surface area (Å²) in [5.74, 6) is 5.09. The van der Waals surface area contributed by atoms with Crippen molar-refractivity contribution in [2.75, 3.05) is 72.7 Å². The summed E-state index contributed by atoms with van der Waals surface area (Å²) in [6, 6.07) is 0.762. The Morgan fingerprint density at radius 2 is 1.24 bits per heavy atom. The summed E-state index contributed by atoms with van der Waals surface area (Å²) in [5, 5.41) is 3.39. The molecule has 7 aliphatic rings. The van der Waals surface area contributed by atoms with Crippen LogP contribution in [0, 0.1) is 40.9 Å². The number of likely N-dealkylation sites (N-methyl/N-ethyl adjacent to an activating group) is 1. The molecule has 0 radical (unpaired) electrons. The minimum atomic E-state index is 0.231. The molecule has 6 saturated heterocycles. The van der Waals surface area contributed by atoms with E-state index in [4.69, 9.17) is 14.2 Å². The molecule has 0 aromatic carbocycles. The van der Waals surface area contributed by atoms with Gasteiger partial charge in [-0.1, -0.05) is 41.5 Å². The van der Waals surface area contributed by atoms with Gasteiger partial charge in [-0.15, -0.1) is 0 Å². The van der Waals surface area contributed by atoms with E-state index in [1.54, 1.807) is 0 Å². The molecule has 4 atom stereocenters. The van der Waals surface area contributed by atoms with Crippen LogP contribution in [-0.2, 0) is 14.2 Å². The van der Waals surface area contributed by atoms with Crippen molar-refractivity contribution in [2.45, 2.75) is 110 Å². The highest BCUT2D eigenvalue weighted by Gasteiger charge is 2.48. The molecule has 6 nitrogen and oxygen atoms in total. The topological polar surface area (TPSA) is 46.2 Å². The lowest BCUT2D eigenvalue weighted by molar-refractivity contribution is -0.102. The average Bonchev–Trinajstić information content (AvgIpc) is 3.68. The summed E-state index contributed by atoms with van der Waals surface area (Å²) in [7, 11) is 2.20. The molecular weight excluding hydrogens is 510 g/mol. The lowest BCUT2D eigenvalue weighted by Gasteiger charge is -2.55. The number of nitrogens with one attached hydrogen (secondary N) is 1. The van der Waals surface area contributed by atoms with Crippen LogP contribution in [0.5, 0.6) is 0 Å². The van der Waals surface area contributed by atoms with E-state index >= 15 is 0 Å².